The second-order valence-electron chi connectivity index (χ2n) is 1.72. The molecule has 0 aromatic heterocycles. The number of nitrogens with one attached hydrogen (secondary N) is 1. The third-order valence-electron chi connectivity index (χ3n) is 0.751. The smallest absolute Gasteiger partial charge is 0.236 e. The van der Waals surface area contributed by atoms with Gasteiger partial charge in [-0.1, -0.05) is 0 Å². The first-order chi connectivity index (χ1) is 5.09. The molecule has 0 fully saturated rings. The molecule has 0 aliphatic heterocycles. The largest absolute Gasteiger partial charge is 0.358 e. The molecule has 0 aliphatic rings. The van der Waals surface area contributed by atoms with Gasteiger partial charge in [0.1, 0.15) is 0 Å². The minimum atomic E-state index is -0.384. The van der Waals surface area contributed by atoms with E-state index in [-0.39, 0.29) is 11.9 Å². The topological polar surface area (TPSA) is 84.5 Å². The Morgan fingerprint density at radius 3 is 2.09 bits per heavy atom. The zero-order valence-corrected chi connectivity index (χ0v) is 6.92. The average molecular weight is 159 g/mol. The van der Waals surface area contributed by atoms with Gasteiger partial charge in [0.15, 0.2) is 0 Å². The lowest BCUT2D eigenvalue weighted by Crippen LogP contribution is -2.35. The van der Waals surface area contributed by atoms with Crippen molar-refractivity contribution < 1.29 is 9.59 Å². The monoisotopic (exact) mass is 159 g/mol. The molecule has 0 saturated heterocycles. The number of carbonyl (C=O) groups is 1. The maximum absolute atomic E-state index is 10.3. The summed E-state index contributed by atoms with van der Waals surface area (Å²) < 4.78 is 0. The number of carbonyl (C=O) groups excluding carboxylic acids is 2. The summed E-state index contributed by atoms with van der Waals surface area (Å²) in [7, 11) is 2.94. The van der Waals surface area contributed by atoms with E-state index < -0.39 is 0 Å². The van der Waals surface area contributed by atoms with Gasteiger partial charge in [0.2, 0.25) is 12.0 Å². The normalized spacial score (nSPS) is 9.82. The maximum atomic E-state index is 10.3. The van der Waals surface area contributed by atoms with Crippen LogP contribution in [0, 0.1) is 0 Å². The van der Waals surface area contributed by atoms with Crippen molar-refractivity contribution in [2.75, 3.05) is 14.1 Å². The van der Waals surface area contributed by atoms with E-state index in [9.17, 15) is 4.79 Å². The van der Waals surface area contributed by atoms with Gasteiger partial charge in [-0.3, -0.25) is 4.79 Å². The van der Waals surface area contributed by atoms with E-state index in [1.54, 1.807) is 14.0 Å². The fourth-order valence-electron chi connectivity index (χ4n) is 0.228. The molecule has 0 saturated carbocycles. The van der Waals surface area contributed by atoms with Crippen molar-refractivity contribution >= 4 is 12.0 Å². The Morgan fingerprint density at radius 2 is 2.09 bits per heavy atom. The zero-order chi connectivity index (χ0) is 9.28. The van der Waals surface area contributed by atoms with Crippen molar-refractivity contribution in [2.24, 2.45) is 10.7 Å². The first-order valence-corrected chi connectivity index (χ1v) is 3.03. The molecule has 1 amide bonds. The lowest BCUT2D eigenvalue weighted by Gasteiger charge is -1.99. The van der Waals surface area contributed by atoms with Crippen LogP contribution in [0.3, 0.4) is 0 Å². The Morgan fingerprint density at radius 1 is 1.73 bits per heavy atom. The van der Waals surface area contributed by atoms with Crippen LogP contribution in [0.2, 0.25) is 0 Å². The minimum Gasteiger partial charge on any atom is -0.358 e. The average Bonchev–Trinajstić information content (AvgIpc) is 2.03. The van der Waals surface area contributed by atoms with E-state index in [0.29, 0.717) is 0 Å². The molecule has 64 valence electrons. The molecule has 1 unspecified atom stereocenters. The number of hydrogen-bond donors (Lipinski definition) is 2. The number of hydrogen-bond acceptors (Lipinski definition) is 4. The highest BCUT2D eigenvalue weighted by Crippen LogP contribution is 1.69. The van der Waals surface area contributed by atoms with Gasteiger partial charge in [-0.05, 0) is 6.92 Å². The summed E-state index contributed by atoms with van der Waals surface area (Å²) in [4.78, 5) is 22.1. The Labute approximate surface area is 65.7 Å². The molecule has 11 heavy (non-hydrogen) atoms. The first kappa shape index (κ1) is 12.5. The summed E-state index contributed by atoms with van der Waals surface area (Å²) in [5, 5.41) is 2.40. The summed E-state index contributed by atoms with van der Waals surface area (Å²) in [6.45, 7) is 1.64. The Bertz CT molecular complexity index is 150. The predicted molar refractivity (Wildman–Crippen MR) is 41.8 cm³/mol. The molecular formula is C6H13N3O2. The number of likely N-dealkylation sites (N-methyl/N-ethyl adjacent to an activating group) is 1. The second kappa shape index (κ2) is 8.81. The standard InChI is InChI=1S/C4H10N2O.C2H3NO/c1-3(5)4(7)6-2;1-3-2-4/h3H,5H2,1-2H3,(H,6,7);1H3. The van der Waals surface area contributed by atoms with E-state index in [1.807, 2.05) is 0 Å². The van der Waals surface area contributed by atoms with Gasteiger partial charge in [-0.25, -0.2) is 9.79 Å². The number of aliphatic imine (C=N–C) groups is 1. The molecule has 0 rings (SSSR count). The van der Waals surface area contributed by atoms with Gasteiger partial charge >= 0.3 is 0 Å². The molecule has 5 heteroatoms. The molecule has 0 spiro atoms. The Balaban J connectivity index is 0. The van der Waals surface area contributed by atoms with Crippen LogP contribution < -0.4 is 11.1 Å². The van der Waals surface area contributed by atoms with Crippen molar-refractivity contribution in [2.45, 2.75) is 13.0 Å². The van der Waals surface area contributed by atoms with Gasteiger partial charge < -0.3 is 11.1 Å². The highest BCUT2D eigenvalue weighted by atomic mass is 16.2. The van der Waals surface area contributed by atoms with Crippen molar-refractivity contribution in [1.29, 1.82) is 0 Å². The van der Waals surface area contributed by atoms with Crippen molar-refractivity contribution in [3.8, 4) is 0 Å². The first-order valence-electron chi connectivity index (χ1n) is 3.03. The third kappa shape index (κ3) is 12.1. The molecule has 0 aliphatic carbocycles. The fraction of sp³-hybridized carbons (Fsp3) is 0.667. The van der Waals surface area contributed by atoms with Gasteiger partial charge in [0.25, 0.3) is 0 Å². The lowest BCUT2D eigenvalue weighted by atomic mass is 10.3. The van der Waals surface area contributed by atoms with Crippen LogP contribution in [0.4, 0.5) is 0 Å². The molecule has 0 aromatic rings. The maximum Gasteiger partial charge on any atom is 0.236 e. The third-order valence-corrected chi connectivity index (χ3v) is 0.751. The van der Waals surface area contributed by atoms with E-state index in [1.165, 1.54) is 13.1 Å². The summed E-state index contributed by atoms with van der Waals surface area (Å²) >= 11 is 0. The Hall–Kier alpha value is -1.19. The fourth-order valence-corrected chi connectivity index (χ4v) is 0.228. The van der Waals surface area contributed by atoms with Gasteiger partial charge in [0, 0.05) is 14.1 Å². The van der Waals surface area contributed by atoms with Crippen LogP contribution in [0.5, 0.6) is 0 Å². The molecule has 5 nitrogen and oxygen atoms in total. The van der Waals surface area contributed by atoms with Crippen molar-refractivity contribution in [3.63, 3.8) is 0 Å². The van der Waals surface area contributed by atoms with Crippen LogP contribution in [-0.4, -0.2) is 32.1 Å². The molecule has 0 radical (unpaired) electrons. The van der Waals surface area contributed by atoms with E-state index >= 15 is 0 Å². The van der Waals surface area contributed by atoms with Crippen LogP contribution in [-0.2, 0) is 9.59 Å². The number of amides is 1. The van der Waals surface area contributed by atoms with E-state index in [2.05, 4.69) is 10.3 Å². The van der Waals surface area contributed by atoms with Crippen LogP contribution >= 0.6 is 0 Å². The zero-order valence-electron chi connectivity index (χ0n) is 6.92. The van der Waals surface area contributed by atoms with Crippen LogP contribution in [0.15, 0.2) is 4.99 Å². The highest BCUT2D eigenvalue weighted by Gasteiger charge is 2.00. The number of rotatable bonds is 1. The number of nitrogens with two attached hydrogens (primary N) is 1. The van der Waals surface area contributed by atoms with E-state index in [0.717, 1.165) is 0 Å². The highest BCUT2D eigenvalue weighted by molar-refractivity contribution is 5.80. The second-order valence-corrected chi connectivity index (χ2v) is 1.72. The number of isocyanates is 1. The minimum absolute atomic E-state index is 0.125. The lowest BCUT2D eigenvalue weighted by molar-refractivity contribution is -0.121. The van der Waals surface area contributed by atoms with E-state index in [4.69, 9.17) is 10.5 Å². The van der Waals surface area contributed by atoms with Gasteiger partial charge in [0.05, 0.1) is 6.04 Å². The van der Waals surface area contributed by atoms with Crippen LogP contribution in [0.1, 0.15) is 6.92 Å². The number of nitrogens with zero attached hydrogens (tertiary/aromatic N) is 1. The summed E-state index contributed by atoms with van der Waals surface area (Å²) in [5.74, 6) is -0.125. The summed E-state index contributed by atoms with van der Waals surface area (Å²) in [6, 6.07) is -0.384. The molecule has 1 atom stereocenters. The summed E-state index contributed by atoms with van der Waals surface area (Å²) in [6.07, 6.45) is 1.31. The molecule has 3 N–H and O–H groups in total. The van der Waals surface area contributed by atoms with Crippen molar-refractivity contribution in [3.05, 3.63) is 0 Å². The Kier molecular flexibility index (Phi) is 10.00. The van der Waals surface area contributed by atoms with Gasteiger partial charge in [-0.15, -0.1) is 0 Å². The summed E-state index contributed by atoms with van der Waals surface area (Å²) in [5.41, 5.74) is 5.13. The molecule has 0 bridgehead atoms. The molecule has 0 heterocycles. The van der Waals surface area contributed by atoms with Gasteiger partial charge in [-0.2, -0.15) is 0 Å². The van der Waals surface area contributed by atoms with Crippen molar-refractivity contribution in [1.82, 2.24) is 5.32 Å². The molecular weight excluding hydrogens is 146 g/mol. The molecule has 0 aromatic carbocycles. The quantitative estimate of drug-likeness (QED) is 0.381. The van der Waals surface area contributed by atoms with Crippen LogP contribution in [0.25, 0.3) is 0 Å². The SMILES string of the molecule is CN=C=O.CNC(=O)C(C)N. The predicted octanol–water partition coefficient (Wildman–Crippen LogP) is -0.968.